The second-order valence-corrected chi connectivity index (χ2v) is 8.17. The third-order valence-electron chi connectivity index (χ3n) is 4.01. The molecule has 1 aromatic heterocycles. The predicted octanol–water partition coefficient (Wildman–Crippen LogP) is 1.38. The van der Waals surface area contributed by atoms with Gasteiger partial charge in [0.05, 0.1) is 12.7 Å². The monoisotopic (exact) mass is 372 g/mol. The zero-order valence-electron chi connectivity index (χ0n) is 14.6. The lowest BCUT2D eigenvalue weighted by Crippen LogP contribution is -2.46. The third kappa shape index (κ3) is 5.05. The van der Waals surface area contributed by atoms with E-state index >= 15 is 0 Å². The van der Waals surface area contributed by atoms with Crippen molar-refractivity contribution in [3.63, 3.8) is 0 Å². The molecule has 0 spiro atoms. The molecule has 0 saturated carbocycles. The maximum absolute atomic E-state index is 12.3. The second kappa shape index (κ2) is 8.01. The first-order chi connectivity index (χ1) is 11.7. The molecule has 2 rings (SSSR count). The van der Waals surface area contributed by atoms with Gasteiger partial charge < -0.3 is 14.1 Å². The van der Waals surface area contributed by atoms with Crippen LogP contribution in [0.4, 0.5) is 0 Å². The SMILES string of the molecule is COC(=O)c1coc(S(=O)(=O)NC2CCN(C(=O)CC(C)C)CC2)c1. The molecule has 0 radical (unpaired) electrons. The number of likely N-dealkylation sites (tertiary alicyclic amines) is 1. The lowest BCUT2D eigenvalue weighted by molar-refractivity contribution is -0.133. The number of amides is 1. The summed E-state index contributed by atoms with van der Waals surface area (Å²) in [4.78, 5) is 25.2. The van der Waals surface area contributed by atoms with Crippen molar-refractivity contribution in [1.82, 2.24) is 9.62 Å². The van der Waals surface area contributed by atoms with Gasteiger partial charge in [-0.2, -0.15) is 0 Å². The molecule has 1 aliphatic heterocycles. The summed E-state index contributed by atoms with van der Waals surface area (Å²) in [6, 6.07) is 0.856. The van der Waals surface area contributed by atoms with Crippen LogP contribution in [0.15, 0.2) is 21.8 Å². The first-order valence-electron chi connectivity index (χ1n) is 8.20. The van der Waals surface area contributed by atoms with Crippen molar-refractivity contribution in [3.05, 3.63) is 17.9 Å². The van der Waals surface area contributed by atoms with Crippen LogP contribution >= 0.6 is 0 Å². The molecule has 1 amide bonds. The zero-order chi connectivity index (χ0) is 18.6. The van der Waals surface area contributed by atoms with Gasteiger partial charge in [-0.25, -0.2) is 17.9 Å². The number of sulfonamides is 1. The normalized spacial score (nSPS) is 16.2. The molecule has 1 fully saturated rings. The molecule has 140 valence electrons. The Morgan fingerprint density at radius 3 is 2.56 bits per heavy atom. The number of carbonyl (C=O) groups excluding carboxylic acids is 2. The van der Waals surface area contributed by atoms with E-state index in [9.17, 15) is 18.0 Å². The molecular weight excluding hydrogens is 348 g/mol. The maximum atomic E-state index is 12.3. The van der Waals surface area contributed by atoms with E-state index in [1.807, 2.05) is 13.8 Å². The summed E-state index contributed by atoms with van der Waals surface area (Å²) < 4.78 is 36.8. The van der Waals surface area contributed by atoms with Gasteiger partial charge in [0.1, 0.15) is 6.26 Å². The van der Waals surface area contributed by atoms with E-state index in [4.69, 9.17) is 4.42 Å². The standard InChI is InChI=1S/C16H24N2O6S/c1-11(2)8-14(19)18-6-4-13(5-7-18)17-25(21,22)15-9-12(10-24-15)16(20)23-3/h9-11,13,17H,4-8H2,1-3H3. The van der Waals surface area contributed by atoms with Crippen LogP contribution in [0.1, 0.15) is 43.5 Å². The fourth-order valence-electron chi connectivity index (χ4n) is 2.68. The Labute approximate surface area is 147 Å². The number of rotatable bonds is 6. The Morgan fingerprint density at radius 1 is 1.36 bits per heavy atom. The highest BCUT2D eigenvalue weighted by molar-refractivity contribution is 7.89. The molecule has 1 saturated heterocycles. The summed E-state index contributed by atoms with van der Waals surface area (Å²) in [6.45, 7) is 5.02. The van der Waals surface area contributed by atoms with Crippen LogP contribution in [0.5, 0.6) is 0 Å². The molecule has 8 nitrogen and oxygen atoms in total. The van der Waals surface area contributed by atoms with E-state index in [1.165, 1.54) is 7.11 Å². The van der Waals surface area contributed by atoms with Gasteiger partial charge in [-0.3, -0.25) is 4.79 Å². The summed E-state index contributed by atoms with van der Waals surface area (Å²) >= 11 is 0. The van der Waals surface area contributed by atoms with Gasteiger partial charge in [-0.1, -0.05) is 13.8 Å². The van der Waals surface area contributed by atoms with Crippen molar-refractivity contribution in [2.75, 3.05) is 20.2 Å². The number of hydrogen-bond acceptors (Lipinski definition) is 6. The van der Waals surface area contributed by atoms with Gasteiger partial charge in [0.2, 0.25) is 11.0 Å². The smallest absolute Gasteiger partial charge is 0.341 e. The quantitative estimate of drug-likeness (QED) is 0.756. The van der Waals surface area contributed by atoms with Gasteiger partial charge in [-0.05, 0) is 18.8 Å². The summed E-state index contributed by atoms with van der Waals surface area (Å²) in [5, 5.41) is -0.328. The van der Waals surface area contributed by atoms with Gasteiger partial charge in [0.25, 0.3) is 10.0 Å². The highest BCUT2D eigenvalue weighted by atomic mass is 32.2. The minimum absolute atomic E-state index is 0.0389. The molecule has 0 atom stereocenters. The van der Waals surface area contributed by atoms with Crippen LogP contribution in [0.3, 0.4) is 0 Å². The van der Waals surface area contributed by atoms with Gasteiger partial charge in [0, 0.05) is 31.6 Å². The minimum atomic E-state index is -3.87. The van der Waals surface area contributed by atoms with E-state index in [1.54, 1.807) is 4.90 Å². The molecule has 0 aromatic carbocycles. The van der Waals surface area contributed by atoms with Crippen LogP contribution in [-0.2, 0) is 19.6 Å². The van der Waals surface area contributed by atoms with Gasteiger partial charge in [-0.15, -0.1) is 0 Å². The molecule has 1 aliphatic rings. The number of ether oxygens (including phenoxy) is 1. The summed E-state index contributed by atoms with van der Waals surface area (Å²) in [6.07, 6.45) is 2.62. The van der Waals surface area contributed by atoms with Crippen molar-refractivity contribution in [3.8, 4) is 0 Å². The number of piperidine rings is 1. The summed E-state index contributed by atoms with van der Waals surface area (Å²) in [5.74, 6) is -0.265. The number of furan rings is 1. The Hall–Kier alpha value is -1.87. The highest BCUT2D eigenvalue weighted by Gasteiger charge is 2.29. The first-order valence-corrected chi connectivity index (χ1v) is 9.68. The van der Waals surface area contributed by atoms with E-state index in [2.05, 4.69) is 9.46 Å². The Balaban J connectivity index is 1.93. The molecule has 0 unspecified atom stereocenters. The Bertz CT molecular complexity index is 717. The molecular formula is C16H24N2O6S. The van der Waals surface area contributed by atoms with Gasteiger partial charge >= 0.3 is 5.97 Å². The largest absolute Gasteiger partial charge is 0.465 e. The molecule has 0 bridgehead atoms. The Kier molecular flexibility index (Phi) is 6.23. The average Bonchev–Trinajstić information content (AvgIpc) is 3.04. The predicted molar refractivity (Wildman–Crippen MR) is 89.4 cm³/mol. The van der Waals surface area contributed by atoms with E-state index in [0.717, 1.165) is 12.3 Å². The zero-order valence-corrected chi connectivity index (χ0v) is 15.5. The van der Waals surface area contributed by atoms with E-state index in [0.29, 0.717) is 38.3 Å². The molecule has 9 heteroatoms. The first kappa shape index (κ1) is 19.5. The third-order valence-corrected chi connectivity index (χ3v) is 5.40. The van der Waals surface area contributed by atoms with E-state index < -0.39 is 16.0 Å². The molecule has 2 heterocycles. The fourth-order valence-corrected chi connectivity index (χ4v) is 3.93. The number of nitrogens with zero attached hydrogens (tertiary/aromatic N) is 1. The van der Waals surface area contributed by atoms with Crippen LogP contribution < -0.4 is 4.72 Å². The lowest BCUT2D eigenvalue weighted by Gasteiger charge is -2.32. The fraction of sp³-hybridized carbons (Fsp3) is 0.625. The van der Waals surface area contributed by atoms with Crippen molar-refractivity contribution in [1.29, 1.82) is 0 Å². The van der Waals surface area contributed by atoms with Crippen molar-refractivity contribution in [2.45, 2.75) is 44.2 Å². The number of hydrogen-bond donors (Lipinski definition) is 1. The average molecular weight is 372 g/mol. The van der Waals surface area contributed by atoms with Crippen LogP contribution in [0.25, 0.3) is 0 Å². The second-order valence-electron chi connectivity index (χ2n) is 6.52. The summed E-state index contributed by atoms with van der Waals surface area (Å²) in [7, 11) is -2.66. The Morgan fingerprint density at radius 2 is 2.00 bits per heavy atom. The molecule has 1 N–H and O–H groups in total. The van der Waals surface area contributed by atoms with Gasteiger partial charge in [0.15, 0.2) is 0 Å². The lowest BCUT2D eigenvalue weighted by atomic mass is 10.0. The number of methoxy groups -OCH3 is 1. The molecule has 1 aromatic rings. The number of carbonyl (C=O) groups is 2. The number of nitrogens with one attached hydrogen (secondary N) is 1. The topological polar surface area (TPSA) is 106 Å². The maximum Gasteiger partial charge on any atom is 0.341 e. The summed E-state index contributed by atoms with van der Waals surface area (Å²) in [5.41, 5.74) is 0.0389. The van der Waals surface area contributed by atoms with Crippen molar-refractivity contribution >= 4 is 21.9 Å². The molecule has 0 aliphatic carbocycles. The minimum Gasteiger partial charge on any atom is -0.465 e. The highest BCUT2D eigenvalue weighted by Crippen LogP contribution is 2.18. The van der Waals surface area contributed by atoms with Crippen LogP contribution in [-0.4, -0.2) is 51.4 Å². The van der Waals surface area contributed by atoms with E-state index in [-0.39, 0.29) is 22.6 Å². The van der Waals surface area contributed by atoms with Crippen LogP contribution in [0.2, 0.25) is 0 Å². The number of esters is 1. The molecule has 25 heavy (non-hydrogen) atoms. The van der Waals surface area contributed by atoms with Crippen molar-refractivity contribution < 1.29 is 27.2 Å². The van der Waals surface area contributed by atoms with Crippen LogP contribution in [0, 0.1) is 5.92 Å². The van der Waals surface area contributed by atoms with Crippen molar-refractivity contribution in [2.24, 2.45) is 5.92 Å².